The number of carbonyl (C=O) groups excluding carboxylic acids is 1. The van der Waals surface area contributed by atoms with E-state index in [1.165, 1.54) is 5.57 Å². The first-order chi connectivity index (χ1) is 18.7. The van der Waals surface area contributed by atoms with Crippen LogP contribution in [-0.4, -0.2) is 16.9 Å². The van der Waals surface area contributed by atoms with E-state index in [4.69, 9.17) is 0 Å². The molecule has 40 heavy (non-hydrogen) atoms. The van der Waals surface area contributed by atoms with E-state index in [0.717, 1.165) is 68.9 Å². The van der Waals surface area contributed by atoms with Crippen LogP contribution in [0.25, 0.3) is 6.08 Å². The van der Waals surface area contributed by atoms with Gasteiger partial charge in [-0.3, -0.25) is 9.59 Å². The Hall–Kier alpha value is -2.16. The molecule has 1 aromatic rings. The van der Waals surface area contributed by atoms with Crippen LogP contribution in [0.15, 0.2) is 48.1 Å². The third-order valence-electron chi connectivity index (χ3n) is 14.2. The minimum absolute atomic E-state index is 0.0454. The number of fused-ring (bicyclic) bond motifs is 7. The molecule has 0 spiro atoms. The Morgan fingerprint density at radius 2 is 1.60 bits per heavy atom. The van der Waals surface area contributed by atoms with Gasteiger partial charge in [-0.1, -0.05) is 77.1 Å². The Balaban J connectivity index is 1.42. The second kappa shape index (κ2) is 8.92. The number of benzene rings is 1. The SMILES string of the molecule is C=C(C)[C@H]1CC[C@@]2(C(=O)O)CC[C@]3(C)[C@@H](CC[C@H]4[C@@]5(C)CC(=Cc6ccccc6)C(=O)C(C)(C)[C@@H]5CC[C@]43C)[C@@H]12. The van der Waals surface area contributed by atoms with Gasteiger partial charge >= 0.3 is 5.97 Å². The maximum absolute atomic E-state index is 14.0. The van der Waals surface area contributed by atoms with Crippen molar-refractivity contribution in [1.82, 2.24) is 0 Å². The number of hydrogen-bond donors (Lipinski definition) is 1. The number of carbonyl (C=O) groups is 2. The third-order valence-corrected chi connectivity index (χ3v) is 14.2. The van der Waals surface area contributed by atoms with Crippen LogP contribution in [0, 0.1) is 56.7 Å². The first kappa shape index (κ1) is 28.0. The summed E-state index contributed by atoms with van der Waals surface area (Å²) in [5.74, 6) is 1.60. The van der Waals surface area contributed by atoms with Crippen molar-refractivity contribution in [2.45, 2.75) is 99.3 Å². The molecule has 5 saturated carbocycles. The van der Waals surface area contributed by atoms with E-state index >= 15 is 0 Å². The molecule has 0 aliphatic heterocycles. The van der Waals surface area contributed by atoms with Crippen LogP contribution < -0.4 is 0 Å². The lowest BCUT2D eigenvalue weighted by Gasteiger charge is -2.72. The van der Waals surface area contributed by atoms with Gasteiger partial charge in [0.15, 0.2) is 5.78 Å². The minimum Gasteiger partial charge on any atom is -0.481 e. The molecule has 0 aromatic heterocycles. The van der Waals surface area contributed by atoms with Gasteiger partial charge in [-0.25, -0.2) is 0 Å². The van der Waals surface area contributed by atoms with Crippen LogP contribution in [0.4, 0.5) is 0 Å². The Kier molecular flexibility index (Phi) is 6.24. The molecule has 5 fully saturated rings. The highest BCUT2D eigenvalue weighted by Gasteiger charge is 2.72. The Morgan fingerprint density at radius 1 is 0.900 bits per heavy atom. The van der Waals surface area contributed by atoms with Crippen molar-refractivity contribution in [2.75, 3.05) is 0 Å². The summed E-state index contributed by atoms with van der Waals surface area (Å²) in [6.45, 7) is 18.6. The van der Waals surface area contributed by atoms with E-state index in [1.807, 2.05) is 6.07 Å². The van der Waals surface area contributed by atoms with Gasteiger partial charge in [0.1, 0.15) is 0 Å². The van der Waals surface area contributed by atoms with E-state index in [1.54, 1.807) is 0 Å². The van der Waals surface area contributed by atoms with E-state index < -0.39 is 11.4 Å². The molecule has 5 aliphatic carbocycles. The largest absolute Gasteiger partial charge is 0.481 e. The Bertz CT molecular complexity index is 1270. The van der Waals surface area contributed by atoms with Crippen LogP contribution in [0.5, 0.6) is 0 Å². The molecule has 0 amide bonds. The summed E-state index contributed by atoms with van der Waals surface area (Å²) in [4.78, 5) is 26.9. The maximum atomic E-state index is 14.0. The van der Waals surface area contributed by atoms with Crippen molar-refractivity contribution in [3.63, 3.8) is 0 Å². The van der Waals surface area contributed by atoms with E-state index in [0.29, 0.717) is 29.5 Å². The average molecular weight is 543 g/mol. The van der Waals surface area contributed by atoms with Gasteiger partial charge in [0.2, 0.25) is 0 Å². The first-order valence-corrected chi connectivity index (χ1v) is 15.9. The number of ketones is 1. The summed E-state index contributed by atoms with van der Waals surface area (Å²) >= 11 is 0. The molecule has 3 nitrogen and oxygen atoms in total. The highest BCUT2D eigenvalue weighted by Crippen LogP contribution is 2.77. The molecular weight excluding hydrogens is 492 g/mol. The predicted octanol–water partition coefficient (Wildman–Crippen LogP) is 8.99. The highest BCUT2D eigenvalue weighted by molar-refractivity contribution is 6.04. The predicted molar refractivity (Wildman–Crippen MR) is 161 cm³/mol. The lowest BCUT2D eigenvalue weighted by molar-refractivity contribution is -0.231. The van der Waals surface area contributed by atoms with Crippen LogP contribution in [0.1, 0.15) is 105 Å². The lowest BCUT2D eigenvalue weighted by atomic mass is 9.32. The van der Waals surface area contributed by atoms with Crippen LogP contribution >= 0.6 is 0 Å². The number of hydrogen-bond acceptors (Lipinski definition) is 2. The van der Waals surface area contributed by atoms with Crippen molar-refractivity contribution in [3.8, 4) is 0 Å². The Labute approximate surface area is 241 Å². The lowest BCUT2D eigenvalue weighted by Crippen LogP contribution is -2.67. The van der Waals surface area contributed by atoms with Crippen LogP contribution in [-0.2, 0) is 9.59 Å². The molecule has 1 N–H and O–H groups in total. The number of rotatable bonds is 3. The quantitative estimate of drug-likeness (QED) is 0.306. The van der Waals surface area contributed by atoms with Crippen molar-refractivity contribution >= 4 is 17.8 Å². The zero-order valence-corrected chi connectivity index (χ0v) is 25.7. The smallest absolute Gasteiger partial charge is 0.309 e. The zero-order chi connectivity index (χ0) is 28.9. The molecule has 216 valence electrons. The van der Waals surface area contributed by atoms with E-state index in [9.17, 15) is 14.7 Å². The van der Waals surface area contributed by atoms with Crippen molar-refractivity contribution in [1.29, 1.82) is 0 Å². The summed E-state index contributed by atoms with van der Waals surface area (Å²) in [5, 5.41) is 10.6. The first-order valence-electron chi connectivity index (χ1n) is 15.9. The second-order valence-corrected chi connectivity index (χ2v) is 16.0. The van der Waals surface area contributed by atoms with Crippen molar-refractivity contribution in [3.05, 3.63) is 53.6 Å². The van der Waals surface area contributed by atoms with Crippen LogP contribution in [0.2, 0.25) is 0 Å². The molecule has 0 unspecified atom stereocenters. The molecule has 0 bridgehead atoms. The molecule has 5 aliphatic rings. The summed E-state index contributed by atoms with van der Waals surface area (Å²) in [7, 11) is 0. The van der Waals surface area contributed by atoms with Crippen molar-refractivity contribution in [2.24, 2.45) is 56.7 Å². The molecular formula is C37H50O3. The average Bonchev–Trinajstić information content (AvgIpc) is 3.30. The van der Waals surface area contributed by atoms with E-state index in [2.05, 4.69) is 78.5 Å². The fourth-order valence-corrected chi connectivity index (χ4v) is 12.2. The molecule has 6 rings (SSSR count). The van der Waals surface area contributed by atoms with E-state index in [-0.39, 0.29) is 27.6 Å². The summed E-state index contributed by atoms with van der Waals surface area (Å²) in [5.41, 5.74) is 2.60. The normalized spacial score (nSPS) is 46.6. The zero-order valence-electron chi connectivity index (χ0n) is 25.7. The van der Waals surface area contributed by atoms with Crippen LogP contribution in [0.3, 0.4) is 0 Å². The second-order valence-electron chi connectivity index (χ2n) is 16.0. The fraction of sp³-hybridized carbons (Fsp3) is 0.676. The minimum atomic E-state index is -0.580. The molecule has 1 aromatic carbocycles. The standard InChI is InChI=1S/C37H50O3/c1-23(2)26-15-18-37(32(39)40)20-19-35(6)27(30(26)37)13-14-29-34(5)22-25(21-24-11-9-8-10-12-24)31(38)33(3,4)28(34)16-17-36(29,35)7/h8-12,21,26-30H,1,13-20,22H2,2-7H3,(H,39,40)/t26-,27+,28+,29+,30-,34+,35-,36-,37-/m1/s1. The van der Waals surface area contributed by atoms with Gasteiger partial charge in [0, 0.05) is 5.41 Å². The maximum Gasteiger partial charge on any atom is 0.309 e. The summed E-state index contributed by atoms with van der Waals surface area (Å²) in [6, 6.07) is 10.3. The van der Waals surface area contributed by atoms with Gasteiger partial charge in [-0.15, -0.1) is 0 Å². The number of Topliss-reactive ketones (excluding diaryl/α,β-unsaturated/α-hetero) is 1. The monoisotopic (exact) mass is 542 g/mol. The molecule has 9 atom stereocenters. The van der Waals surface area contributed by atoms with Crippen molar-refractivity contribution < 1.29 is 14.7 Å². The number of carboxylic acids is 1. The topological polar surface area (TPSA) is 54.4 Å². The summed E-state index contributed by atoms with van der Waals surface area (Å²) in [6.07, 6.45) is 11.1. The molecule has 0 radical (unpaired) electrons. The van der Waals surface area contributed by atoms with Gasteiger partial charge in [-0.05, 0) is 128 Å². The molecule has 0 heterocycles. The van der Waals surface area contributed by atoms with Gasteiger partial charge in [0.05, 0.1) is 5.41 Å². The Morgan fingerprint density at radius 3 is 2.25 bits per heavy atom. The van der Waals surface area contributed by atoms with Gasteiger partial charge in [-0.2, -0.15) is 0 Å². The number of allylic oxidation sites excluding steroid dienone is 2. The summed E-state index contributed by atoms with van der Waals surface area (Å²) < 4.78 is 0. The molecule has 0 saturated heterocycles. The fourth-order valence-electron chi connectivity index (χ4n) is 12.2. The molecule has 3 heteroatoms. The highest BCUT2D eigenvalue weighted by atomic mass is 16.4. The van der Waals surface area contributed by atoms with Gasteiger partial charge < -0.3 is 5.11 Å². The van der Waals surface area contributed by atoms with Gasteiger partial charge in [0.25, 0.3) is 0 Å². The third kappa shape index (κ3) is 3.48. The number of aliphatic carboxylic acids is 1. The number of carboxylic acid groups (broad SMARTS) is 1.